The second-order valence-electron chi connectivity index (χ2n) is 8.51. The summed E-state index contributed by atoms with van der Waals surface area (Å²) in [4.78, 5) is 51.5. The van der Waals surface area contributed by atoms with Crippen LogP contribution in [0.5, 0.6) is 0 Å². The number of carbonyl (C=O) groups excluding carboxylic acids is 4. The van der Waals surface area contributed by atoms with Gasteiger partial charge in [-0.2, -0.15) is 0 Å². The van der Waals surface area contributed by atoms with Gasteiger partial charge in [0.05, 0.1) is 18.4 Å². The molecule has 4 amide bonds. The number of benzene rings is 2. The number of nitrogens with zero attached hydrogens (tertiary/aromatic N) is 2. The van der Waals surface area contributed by atoms with E-state index in [4.69, 9.17) is 4.74 Å². The largest absolute Gasteiger partial charge is 0.465 e. The van der Waals surface area contributed by atoms with Gasteiger partial charge in [0.15, 0.2) is 0 Å². The molecule has 0 saturated carbocycles. The zero-order chi connectivity index (χ0) is 25.4. The van der Waals surface area contributed by atoms with Crippen LogP contribution in [0, 0.1) is 27.7 Å². The van der Waals surface area contributed by atoms with E-state index in [0.717, 1.165) is 33.1 Å². The van der Waals surface area contributed by atoms with Crippen LogP contribution in [0.1, 0.15) is 38.4 Å². The molecule has 1 N–H and O–H groups in total. The van der Waals surface area contributed by atoms with Crippen LogP contribution in [0.3, 0.4) is 0 Å². The molecule has 1 aliphatic rings. The van der Waals surface area contributed by atoms with Crippen molar-refractivity contribution in [3.8, 4) is 5.69 Å². The number of barbiturate groups is 1. The van der Waals surface area contributed by atoms with Crippen LogP contribution in [0.2, 0.25) is 0 Å². The molecule has 0 atom stereocenters. The van der Waals surface area contributed by atoms with Crippen molar-refractivity contribution >= 4 is 35.6 Å². The van der Waals surface area contributed by atoms with E-state index in [0.29, 0.717) is 16.8 Å². The summed E-state index contributed by atoms with van der Waals surface area (Å²) >= 11 is 0. The Morgan fingerprint density at radius 2 is 1.60 bits per heavy atom. The number of nitrogens with one attached hydrogen (secondary N) is 1. The van der Waals surface area contributed by atoms with Gasteiger partial charge in [-0.15, -0.1) is 0 Å². The number of anilines is 1. The maximum atomic E-state index is 13.3. The molecular weight excluding hydrogens is 446 g/mol. The number of aryl methyl sites for hydroxylation is 3. The van der Waals surface area contributed by atoms with E-state index in [2.05, 4.69) is 5.32 Å². The summed E-state index contributed by atoms with van der Waals surface area (Å²) in [6, 6.07) is 13.4. The maximum absolute atomic E-state index is 13.3. The first-order chi connectivity index (χ1) is 16.6. The topological polar surface area (TPSA) is 97.7 Å². The minimum Gasteiger partial charge on any atom is -0.465 e. The first-order valence-corrected chi connectivity index (χ1v) is 11.0. The normalized spacial score (nSPS) is 14.9. The molecule has 0 aliphatic carbocycles. The van der Waals surface area contributed by atoms with E-state index in [1.54, 1.807) is 30.3 Å². The van der Waals surface area contributed by atoms with Crippen molar-refractivity contribution in [1.29, 1.82) is 0 Å². The minimum atomic E-state index is -0.785. The summed E-state index contributed by atoms with van der Waals surface area (Å²) in [6.45, 7) is 7.47. The monoisotopic (exact) mass is 471 g/mol. The number of amides is 4. The quantitative estimate of drug-likeness (QED) is 0.350. The number of imide groups is 2. The molecule has 1 saturated heterocycles. The van der Waals surface area contributed by atoms with Crippen molar-refractivity contribution in [2.75, 3.05) is 12.0 Å². The molecule has 0 radical (unpaired) electrons. The Labute approximate surface area is 202 Å². The number of methoxy groups -OCH3 is 1. The second kappa shape index (κ2) is 9.06. The molecule has 1 fully saturated rings. The van der Waals surface area contributed by atoms with Crippen molar-refractivity contribution in [2.24, 2.45) is 0 Å². The summed E-state index contributed by atoms with van der Waals surface area (Å²) in [6.07, 6.45) is 1.49. The van der Waals surface area contributed by atoms with Crippen molar-refractivity contribution in [3.63, 3.8) is 0 Å². The number of hydrogen-bond donors (Lipinski definition) is 1. The predicted octanol–water partition coefficient (Wildman–Crippen LogP) is 4.16. The van der Waals surface area contributed by atoms with Gasteiger partial charge in [-0.25, -0.2) is 14.5 Å². The molecule has 8 nitrogen and oxygen atoms in total. The lowest BCUT2D eigenvalue weighted by molar-refractivity contribution is -0.122. The Kier molecular flexibility index (Phi) is 6.13. The summed E-state index contributed by atoms with van der Waals surface area (Å²) in [5.41, 5.74) is 5.40. The zero-order valence-corrected chi connectivity index (χ0v) is 20.1. The van der Waals surface area contributed by atoms with Gasteiger partial charge in [0, 0.05) is 17.1 Å². The Bertz CT molecular complexity index is 1410. The predicted molar refractivity (Wildman–Crippen MR) is 132 cm³/mol. The fraction of sp³-hybridized carbons (Fsp3) is 0.185. The number of aromatic nitrogens is 1. The molecule has 0 unspecified atom stereocenters. The summed E-state index contributed by atoms with van der Waals surface area (Å²) in [7, 11) is 1.32. The Morgan fingerprint density at radius 3 is 2.26 bits per heavy atom. The van der Waals surface area contributed by atoms with Gasteiger partial charge < -0.3 is 9.30 Å². The van der Waals surface area contributed by atoms with E-state index in [-0.39, 0.29) is 5.57 Å². The third-order valence-corrected chi connectivity index (χ3v) is 5.86. The minimum absolute atomic E-state index is 0.146. The molecule has 8 heteroatoms. The Hall–Kier alpha value is -4.46. The highest BCUT2D eigenvalue weighted by Crippen LogP contribution is 2.27. The Balaban J connectivity index is 1.76. The van der Waals surface area contributed by atoms with Crippen molar-refractivity contribution in [3.05, 3.63) is 87.7 Å². The number of ether oxygens (including phenoxy) is 1. The van der Waals surface area contributed by atoms with Crippen LogP contribution in [0.15, 0.2) is 54.1 Å². The third-order valence-electron chi connectivity index (χ3n) is 5.86. The first kappa shape index (κ1) is 23.7. The zero-order valence-electron chi connectivity index (χ0n) is 20.1. The average Bonchev–Trinajstić information content (AvgIpc) is 3.08. The van der Waals surface area contributed by atoms with Crippen LogP contribution < -0.4 is 10.2 Å². The van der Waals surface area contributed by atoms with Gasteiger partial charge in [-0.1, -0.05) is 12.1 Å². The maximum Gasteiger partial charge on any atom is 0.337 e. The summed E-state index contributed by atoms with van der Waals surface area (Å²) in [5.74, 6) is -1.89. The number of rotatable bonds is 4. The van der Waals surface area contributed by atoms with Crippen LogP contribution >= 0.6 is 0 Å². The highest BCUT2D eigenvalue weighted by atomic mass is 16.5. The fourth-order valence-electron chi connectivity index (χ4n) is 4.35. The Morgan fingerprint density at radius 1 is 0.914 bits per heavy atom. The summed E-state index contributed by atoms with van der Waals surface area (Å²) < 4.78 is 6.73. The van der Waals surface area contributed by atoms with E-state index in [1.165, 1.54) is 13.2 Å². The van der Waals surface area contributed by atoms with Crippen molar-refractivity contribution < 1.29 is 23.9 Å². The fourth-order valence-corrected chi connectivity index (χ4v) is 4.35. The number of hydrogen-bond acceptors (Lipinski definition) is 5. The summed E-state index contributed by atoms with van der Waals surface area (Å²) in [5, 5.41) is 2.27. The molecule has 2 heterocycles. The molecule has 3 aromatic rings. The van der Waals surface area contributed by atoms with Gasteiger partial charge in [0.25, 0.3) is 11.8 Å². The first-order valence-electron chi connectivity index (χ1n) is 11.0. The molecule has 35 heavy (non-hydrogen) atoms. The standard InChI is InChI=1S/C27H25N3O5/c1-15-9-16(2)11-22(10-15)30-25(32)23(24(31)28-27(30)34)14-20-12-17(3)29(18(20)4)21-8-6-7-19(13-21)26(33)35-5/h6-14H,1-5H3,(H,28,31,34)/b23-14+. The van der Waals surface area contributed by atoms with Crippen LogP contribution in [0.4, 0.5) is 10.5 Å². The SMILES string of the molecule is COC(=O)c1cccc(-n2c(C)cc(/C=C3\C(=O)NC(=O)N(c4cc(C)cc(C)c4)C3=O)c2C)c1. The van der Waals surface area contributed by atoms with Gasteiger partial charge in [0.1, 0.15) is 5.57 Å². The number of esters is 1. The molecule has 0 spiro atoms. The average molecular weight is 472 g/mol. The molecular formula is C27H25N3O5. The van der Waals surface area contributed by atoms with Crippen molar-refractivity contribution in [2.45, 2.75) is 27.7 Å². The third kappa shape index (κ3) is 4.38. The lowest BCUT2D eigenvalue weighted by atomic mass is 10.1. The molecule has 178 valence electrons. The van der Waals surface area contributed by atoms with Crippen LogP contribution in [-0.4, -0.2) is 35.5 Å². The number of carbonyl (C=O) groups is 4. The van der Waals surface area contributed by atoms with E-state index in [1.807, 2.05) is 50.5 Å². The molecule has 4 rings (SSSR count). The number of urea groups is 1. The van der Waals surface area contributed by atoms with Crippen LogP contribution in [-0.2, 0) is 14.3 Å². The molecule has 0 bridgehead atoms. The molecule has 2 aromatic carbocycles. The van der Waals surface area contributed by atoms with Crippen molar-refractivity contribution in [1.82, 2.24) is 9.88 Å². The van der Waals surface area contributed by atoms with Gasteiger partial charge >= 0.3 is 12.0 Å². The van der Waals surface area contributed by atoms with E-state index < -0.39 is 23.8 Å². The highest BCUT2D eigenvalue weighted by molar-refractivity contribution is 6.39. The van der Waals surface area contributed by atoms with E-state index in [9.17, 15) is 19.2 Å². The lowest BCUT2D eigenvalue weighted by Gasteiger charge is -2.27. The highest BCUT2D eigenvalue weighted by Gasteiger charge is 2.37. The molecule has 1 aliphatic heterocycles. The van der Waals surface area contributed by atoms with Gasteiger partial charge in [-0.05, 0) is 86.9 Å². The molecule has 1 aromatic heterocycles. The van der Waals surface area contributed by atoms with Gasteiger partial charge in [-0.3, -0.25) is 14.9 Å². The van der Waals surface area contributed by atoms with E-state index >= 15 is 0 Å². The smallest absolute Gasteiger partial charge is 0.337 e. The van der Waals surface area contributed by atoms with Gasteiger partial charge in [0.2, 0.25) is 0 Å². The lowest BCUT2D eigenvalue weighted by Crippen LogP contribution is -2.54. The van der Waals surface area contributed by atoms with Crippen LogP contribution in [0.25, 0.3) is 11.8 Å². The second-order valence-corrected chi connectivity index (χ2v) is 8.51.